The Kier molecular flexibility index (Phi) is 3.70. The summed E-state index contributed by atoms with van der Waals surface area (Å²) in [6.07, 6.45) is 1.36. The van der Waals surface area contributed by atoms with Gasteiger partial charge < -0.3 is 20.4 Å². The van der Waals surface area contributed by atoms with E-state index in [1.165, 1.54) is 13.4 Å². The summed E-state index contributed by atoms with van der Waals surface area (Å²) in [5.74, 6) is 0.712. The average molecular weight is 260 g/mol. The minimum absolute atomic E-state index is 0.209. The van der Waals surface area contributed by atoms with Crippen LogP contribution in [0, 0.1) is 0 Å². The highest BCUT2D eigenvalue weighted by molar-refractivity contribution is 5.50. The van der Waals surface area contributed by atoms with Crippen molar-refractivity contribution in [3.63, 3.8) is 0 Å². The number of aromatic amines is 1. The summed E-state index contributed by atoms with van der Waals surface area (Å²) in [5, 5.41) is 0. The molecule has 0 amide bonds. The Morgan fingerprint density at radius 2 is 2.05 bits per heavy atom. The van der Waals surface area contributed by atoms with Crippen LogP contribution in [0.3, 0.4) is 0 Å². The van der Waals surface area contributed by atoms with Crippen molar-refractivity contribution < 1.29 is 4.74 Å². The van der Waals surface area contributed by atoms with Gasteiger partial charge in [-0.3, -0.25) is 4.79 Å². The summed E-state index contributed by atoms with van der Waals surface area (Å²) in [6, 6.07) is 7.55. The van der Waals surface area contributed by atoms with Crippen molar-refractivity contribution in [3.8, 4) is 5.75 Å². The number of nitrogens with zero attached hydrogens (tertiary/aromatic N) is 2. The van der Waals surface area contributed by atoms with Gasteiger partial charge in [0.25, 0.3) is 5.56 Å². The van der Waals surface area contributed by atoms with Crippen molar-refractivity contribution in [2.24, 2.45) is 0 Å². The SMILES string of the molecule is COc1c(N(C)Cc2ccc(N)cc2)nc[nH]c1=O. The van der Waals surface area contributed by atoms with Gasteiger partial charge in [0.2, 0.25) is 5.75 Å². The summed E-state index contributed by atoms with van der Waals surface area (Å²) >= 11 is 0. The highest BCUT2D eigenvalue weighted by Crippen LogP contribution is 2.20. The number of rotatable bonds is 4. The molecule has 0 atom stereocenters. The van der Waals surface area contributed by atoms with Crippen molar-refractivity contribution in [1.82, 2.24) is 9.97 Å². The second kappa shape index (κ2) is 5.43. The van der Waals surface area contributed by atoms with E-state index in [1.54, 1.807) is 0 Å². The molecule has 1 heterocycles. The first kappa shape index (κ1) is 12.9. The van der Waals surface area contributed by atoms with E-state index in [0.29, 0.717) is 12.4 Å². The van der Waals surface area contributed by atoms with Gasteiger partial charge in [-0.25, -0.2) is 4.98 Å². The number of hydrogen-bond donors (Lipinski definition) is 2. The summed E-state index contributed by atoms with van der Waals surface area (Å²) < 4.78 is 5.09. The molecule has 2 rings (SSSR count). The van der Waals surface area contributed by atoms with Crippen LogP contribution in [0.1, 0.15) is 5.56 Å². The predicted octanol–water partition coefficient (Wildman–Crippen LogP) is 0.997. The lowest BCUT2D eigenvalue weighted by atomic mass is 10.2. The van der Waals surface area contributed by atoms with Gasteiger partial charge in [0.1, 0.15) is 0 Å². The lowest BCUT2D eigenvalue weighted by Crippen LogP contribution is -2.22. The van der Waals surface area contributed by atoms with Gasteiger partial charge >= 0.3 is 0 Å². The number of nitrogens with one attached hydrogen (secondary N) is 1. The summed E-state index contributed by atoms with van der Waals surface area (Å²) in [6.45, 7) is 0.604. The second-order valence-corrected chi connectivity index (χ2v) is 4.19. The molecule has 0 radical (unpaired) electrons. The van der Waals surface area contributed by atoms with Crippen LogP contribution in [0.25, 0.3) is 0 Å². The summed E-state index contributed by atoms with van der Waals surface area (Å²) in [4.78, 5) is 20.1. The average Bonchev–Trinajstić information content (AvgIpc) is 2.41. The molecule has 19 heavy (non-hydrogen) atoms. The Balaban J connectivity index is 2.25. The van der Waals surface area contributed by atoms with Gasteiger partial charge in [0, 0.05) is 19.3 Å². The fraction of sp³-hybridized carbons (Fsp3) is 0.231. The third-order valence-electron chi connectivity index (χ3n) is 2.76. The highest BCUT2D eigenvalue weighted by Gasteiger charge is 2.13. The van der Waals surface area contributed by atoms with Crippen LogP contribution in [0.15, 0.2) is 35.4 Å². The lowest BCUT2D eigenvalue weighted by Gasteiger charge is -2.19. The highest BCUT2D eigenvalue weighted by atomic mass is 16.5. The Bertz CT molecular complexity index is 607. The first-order chi connectivity index (χ1) is 9.11. The molecule has 0 saturated heterocycles. The molecule has 0 aliphatic heterocycles. The third kappa shape index (κ3) is 2.85. The van der Waals surface area contributed by atoms with Gasteiger partial charge in [-0.2, -0.15) is 0 Å². The summed E-state index contributed by atoms with van der Waals surface area (Å²) in [7, 11) is 3.30. The number of nitrogens with two attached hydrogens (primary N) is 1. The number of H-pyrrole nitrogens is 1. The van der Waals surface area contributed by atoms with Gasteiger partial charge in [0.15, 0.2) is 5.82 Å². The summed E-state index contributed by atoms with van der Waals surface area (Å²) in [5.41, 5.74) is 7.14. The Hall–Kier alpha value is -2.50. The molecular formula is C13H16N4O2. The van der Waals surface area contributed by atoms with Crippen LogP contribution >= 0.6 is 0 Å². The predicted molar refractivity (Wildman–Crippen MR) is 74.4 cm³/mol. The van der Waals surface area contributed by atoms with Gasteiger partial charge in [-0.1, -0.05) is 12.1 Å². The van der Waals surface area contributed by atoms with Crippen LogP contribution in [-0.2, 0) is 6.54 Å². The molecule has 1 aromatic heterocycles. The first-order valence-electron chi connectivity index (χ1n) is 5.79. The van der Waals surface area contributed by atoms with Crippen LogP contribution in [0.5, 0.6) is 5.75 Å². The number of methoxy groups -OCH3 is 1. The van der Waals surface area contributed by atoms with E-state index < -0.39 is 0 Å². The zero-order valence-corrected chi connectivity index (χ0v) is 10.9. The molecule has 2 aromatic rings. The second-order valence-electron chi connectivity index (χ2n) is 4.19. The largest absolute Gasteiger partial charge is 0.489 e. The fourth-order valence-electron chi connectivity index (χ4n) is 1.81. The number of anilines is 2. The topological polar surface area (TPSA) is 84.2 Å². The molecule has 0 bridgehead atoms. The number of hydrogen-bond acceptors (Lipinski definition) is 5. The maximum absolute atomic E-state index is 11.6. The quantitative estimate of drug-likeness (QED) is 0.801. The van der Waals surface area contributed by atoms with E-state index >= 15 is 0 Å². The molecule has 6 nitrogen and oxygen atoms in total. The van der Waals surface area contributed by atoms with Crippen molar-refractivity contribution >= 4 is 11.5 Å². The van der Waals surface area contributed by atoms with Crippen molar-refractivity contribution in [1.29, 1.82) is 0 Å². The number of ether oxygens (including phenoxy) is 1. The van der Waals surface area contributed by atoms with E-state index in [4.69, 9.17) is 10.5 Å². The number of nitrogen functional groups attached to an aromatic ring is 1. The number of benzene rings is 1. The molecule has 100 valence electrons. The lowest BCUT2D eigenvalue weighted by molar-refractivity contribution is 0.406. The smallest absolute Gasteiger partial charge is 0.295 e. The Morgan fingerprint density at radius 1 is 1.37 bits per heavy atom. The molecule has 0 fully saturated rings. The van der Waals surface area contributed by atoms with E-state index in [9.17, 15) is 4.79 Å². The molecule has 0 unspecified atom stereocenters. The Labute approximate surface area is 110 Å². The molecule has 6 heteroatoms. The first-order valence-corrected chi connectivity index (χ1v) is 5.79. The van der Waals surface area contributed by atoms with Crippen LogP contribution in [-0.4, -0.2) is 24.1 Å². The monoisotopic (exact) mass is 260 g/mol. The minimum Gasteiger partial charge on any atom is -0.489 e. The molecular weight excluding hydrogens is 244 g/mol. The van der Waals surface area contributed by atoms with Crippen LogP contribution in [0.4, 0.5) is 11.5 Å². The maximum Gasteiger partial charge on any atom is 0.295 e. The third-order valence-corrected chi connectivity index (χ3v) is 2.76. The normalized spacial score (nSPS) is 10.2. The van der Waals surface area contributed by atoms with Gasteiger partial charge in [-0.15, -0.1) is 0 Å². The van der Waals surface area contributed by atoms with Gasteiger partial charge in [0.05, 0.1) is 13.4 Å². The van der Waals surface area contributed by atoms with Crippen molar-refractivity contribution in [3.05, 3.63) is 46.5 Å². The molecule has 0 saturated carbocycles. The molecule has 0 aliphatic carbocycles. The van der Waals surface area contributed by atoms with Crippen molar-refractivity contribution in [2.75, 3.05) is 24.8 Å². The standard InChI is InChI=1S/C13H16N4O2/c1-17(7-9-3-5-10(14)6-4-9)12-11(19-2)13(18)16-8-15-12/h3-6,8H,7,14H2,1-2H3,(H,15,16,18). The Morgan fingerprint density at radius 3 is 2.68 bits per heavy atom. The fourth-order valence-corrected chi connectivity index (χ4v) is 1.81. The number of aromatic nitrogens is 2. The van der Waals surface area contributed by atoms with Crippen LogP contribution < -0.4 is 20.9 Å². The van der Waals surface area contributed by atoms with E-state index in [1.807, 2.05) is 36.2 Å². The zero-order chi connectivity index (χ0) is 13.8. The molecule has 0 aliphatic rings. The van der Waals surface area contributed by atoms with Crippen LogP contribution in [0.2, 0.25) is 0 Å². The van der Waals surface area contributed by atoms with E-state index in [-0.39, 0.29) is 11.3 Å². The van der Waals surface area contributed by atoms with E-state index in [0.717, 1.165) is 11.3 Å². The van der Waals surface area contributed by atoms with Crippen molar-refractivity contribution in [2.45, 2.75) is 6.54 Å². The zero-order valence-electron chi connectivity index (χ0n) is 10.9. The molecule has 0 spiro atoms. The van der Waals surface area contributed by atoms with Gasteiger partial charge in [-0.05, 0) is 17.7 Å². The van der Waals surface area contributed by atoms with E-state index in [2.05, 4.69) is 9.97 Å². The minimum atomic E-state index is -0.295. The maximum atomic E-state index is 11.6. The molecule has 1 aromatic carbocycles. The molecule has 3 N–H and O–H groups in total.